The Morgan fingerprint density at radius 2 is 2.00 bits per heavy atom. The summed E-state index contributed by atoms with van der Waals surface area (Å²) >= 11 is 0. The number of hydrogen-bond acceptors (Lipinski definition) is 2. The molecule has 1 amide bonds. The van der Waals surface area contributed by atoms with Gasteiger partial charge in [0.2, 0.25) is 0 Å². The molecule has 0 bridgehead atoms. The molecule has 1 fully saturated rings. The number of rotatable bonds is 1. The molecule has 1 aromatic rings. The summed E-state index contributed by atoms with van der Waals surface area (Å²) in [7, 11) is 0. The highest BCUT2D eigenvalue weighted by atomic mass is 16.3. The minimum Gasteiger partial charge on any atom is -0.459 e. The molecule has 3 heteroatoms. The number of furan rings is 1. The maximum absolute atomic E-state index is 12.2. The number of carbonyl (C=O) groups is 1. The van der Waals surface area contributed by atoms with Gasteiger partial charge < -0.3 is 9.32 Å². The summed E-state index contributed by atoms with van der Waals surface area (Å²) in [5.41, 5.74) is 0.927. The maximum Gasteiger partial charge on any atom is 0.289 e. The van der Waals surface area contributed by atoms with Crippen LogP contribution in [0.4, 0.5) is 0 Å². The lowest BCUT2D eigenvalue weighted by atomic mass is 9.92. The van der Waals surface area contributed by atoms with Crippen LogP contribution >= 0.6 is 0 Å². The van der Waals surface area contributed by atoms with E-state index in [1.54, 1.807) is 6.26 Å². The van der Waals surface area contributed by atoms with Crippen LogP contribution < -0.4 is 0 Å². The van der Waals surface area contributed by atoms with Gasteiger partial charge in [-0.2, -0.15) is 0 Å². The number of likely N-dealkylation sites (tertiary alicyclic amines) is 1. The first-order valence-electron chi connectivity index (χ1n) is 5.91. The second-order valence-corrected chi connectivity index (χ2v) is 5.09. The second-order valence-electron chi connectivity index (χ2n) is 5.09. The van der Waals surface area contributed by atoms with Crippen molar-refractivity contribution in [1.82, 2.24) is 4.90 Å². The van der Waals surface area contributed by atoms with Crippen LogP contribution in [0.25, 0.3) is 0 Å². The molecular weight excluding hydrogens is 202 g/mol. The van der Waals surface area contributed by atoms with Gasteiger partial charge in [-0.1, -0.05) is 13.8 Å². The molecule has 2 rings (SSSR count). The predicted octanol–water partition coefficient (Wildman–Crippen LogP) is 2.71. The van der Waals surface area contributed by atoms with E-state index in [4.69, 9.17) is 4.42 Å². The molecule has 1 aliphatic heterocycles. The van der Waals surface area contributed by atoms with Gasteiger partial charge in [0.1, 0.15) is 0 Å². The van der Waals surface area contributed by atoms with Crippen molar-refractivity contribution in [1.29, 1.82) is 0 Å². The molecule has 0 unspecified atom stereocenters. The highest BCUT2D eigenvalue weighted by molar-refractivity contribution is 5.92. The molecular formula is C13H19NO2. The number of aryl methyl sites for hydroxylation is 1. The average molecular weight is 221 g/mol. The molecule has 0 saturated carbocycles. The van der Waals surface area contributed by atoms with E-state index in [0.29, 0.717) is 17.6 Å². The fourth-order valence-corrected chi connectivity index (χ4v) is 2.56. The quantitative estimate of drug-likeness (QED) is 0.730. The fraction of sp³-hybridized carbons (Fsp3) is 0.615. The lowest BCUT2D eigenvalue weighted by Gasteiger charge is -2.34. The largest absolute Gasteiger partial charge is 0.459 e. The summed E-state index contributed by atoms with van der Waals surface area (Å²) in [6.45, 7) is 8.01. The van der Waals surface area contributed by atoms with Crippen LogP contribution in [0.1, 0.15) is 36.4 Å². The van der Waals surface area contributed by atoms with Crippen LogP contribution in [0.5, 0.6) is 0 Å². The third-order valence-corrected chi connectivity index (χ3v) is 3.21. The van der Waals surface area contributed by atoms with Gasteiger partial charge in [-0.15, -0.1) is 0 Å². The standard InChI is InChI=1S/C13H19NO2/c1-9-6-10(2)8-14(7-9)13(15)12-11(3)4-5-16-12/h4-5,9-10H,6-8H2,1-3H3/t9-,10+. The van der Waals surface area contributed by atoms with E-state index in [-0.39, 0.29) is 5.91 Å². The Hall–Kier alpha value is -1.25. The van der Waals surface area contributed by atoms with Crippen LogP contribution in [-0.2, 0) is 0 Å². The predicted molar refractivity (Wildman–Crippen MR) is 62.3 cm³/mol. The molecule has 0 radical (unpaired) electrons. The molecule has 2 atom stereocenters. The molecule has 0 aliphatic carbocycles. The number of amides is 1. The number of nitrogens with zero attached hydrogens (tertiary/aromatic N) is 1. The van der Waals surface area contributed by atoms with Crippen molar-refractivity contribution < 1.29 is 9.21 Å². The van der Waals surface area contributed by atoms with Crippen LogP contribution in [-0.4, -0.2) is 23.9 Å². The zero-order valence-electron chi connectivity index (χ0n) is 10.2. The van der Waals surface area contributed by atoms with Crippen molar-refractivity contribution in [3.05, 3.63) is 23.7 Å². The Kier molecular flexibility index (Phi) is 3.03. The minimum atomic E-state index is 0.0425. The van der Waals surface area contributed by atoms with Gasteiger partial charge in [0.15, 0.2) is 5.76 Å². The monoisotopic (exact) mass is 221 g/mol. The summed E-state index contributed by atoms with van der Waals surface area (Å²) in [5.74, 6) is 1.72. The Balaban J connectivity index is 2.13. The lowest BCUT2D eigenvalue weighted by Crippen LogP contribution is -2.42. The smallest absolute Gasteiger partial charge is 0.289 e. The van der Waals surface area contributed by atoms with Gasteiger partial charge in [-0.3, -0.25) is 4.79 Å². The number of hydrogen-bond donors (Lipinski definition) is 0. The zero-order chi connectivity index (χ0) is 11.7. The van der Waals surface area contributed by atoms with Gasteiger partial charge in [0.25, 0.3) is 5.91 Å². The molecule has 1 aliphatic rings. The minimum absolute atomic E-state index is 0.0425. The molecule has 16 heavy (non-hydrogen) atoms. The Bertz CT molecular complexity index is 373. The number of carbonyl (C=O) groups excluding carboxylic acids is 1. The lowest BCUT2D eigenvalue weighted by molar-refractivity contribution is 0.0590. The first-order valence-corrected chi connectivity index (χ1v) is 5.91. The van der Waals surface area contributed by atoms with E-state index in [9.17, 15) is 4.79 Å². The van der Waals surface area contributed by atoms with Crippen molar-refractivity contribution >= 4 is 5.91 Å². The van der Waals surface area contributed by atoms with Crippen molar-refractivity contribution in [2.45, 2.75) is 27.2 Å². The van der Waals surface area contributed by atoms with Gasteiger partial charge >= 0.3 is 0 Å². The van der Waals surface area contributed by atoms with Crippen LogP contribution in [0.2, 0.25) is 0 Å². The van der Waals surface area contributed by atoms with Crippen molar-refractivity contribution in [2.24, 2.45) is 11.8 Å². The topological polar surface area (TPSA) is 33.5 Å². The third kappa shape index (κ3) is 2.13. The number of piperidine rings is 1. The Labute approximate surface area is 96.4 Å². The first kappa shape index (κ1) is 11.2. The molecule has 1 saturated heterocycles. The van der Waals surface area contributed by atoms with Crippen molar-refractivity contribution in [3.63, 3.8) is 0 Å². The molecule has 0 N–H and O–H groups in total. The van der Waals surface area contributed by atoms with E-state index >= 15 is 0 Å². The SMILES string of the molecule is Cc1ccoc1C(=O)N1C[C@H](C)C[C@H](C)C1. The molecule has 3 nitrogen and oxygen atoms in total. The zero-order valence-corrected chi connectivity index (χ0v) is 10.2. The van der Waals surface area contributed by atoms with Gasteiger partial charge in [-0.05, 0) is 31.2 Å². The maximum atomic E-state index is 12.2. The van der Waals surface area contributed by atoms with Gasteiger partial charge in [-0.25, -0.2) is 0 Å². The van der Waals surface area contributed by atoms with E-state index in [1.165, 1.54) is 6.42 Å². The Morgan fingerprint density at radius 1 is 1.38 bits per heavy atom. The summed E-state index contributed by atoms with van der Waals surface area (Å²) < 4.78 is 5.26. The second kappa shape index (κ2) is 4.32. The summed E-state index contributed by atoms with van der Waals surface area (Å²) in [6.07, 6.45) is 2.79. The van der Waals surface area contributed by atoms with Gasteiger partial charge in [0, 0.05) is 18.7 Å². The van der Waals surface area contributed by atoms with Crippen LogP contribution in [0, 0.1) is 18.8 Å². The third-order valence-electron chi connectivity index (χ3n) is 3.21. The fourth-order valence-electron chi connectivity index (χ4n) is 2.56. The van der Waals surface area contributed by atoms with Crippen LogP contribution in [0.3, 0.4) is 0 Å². The van der Waals surface area contributed by atoms with Crippen molar-refractivity contribution in [3.8, 4) is 0 Å². The van der Waals surface area contributed by atoms with E-state index in [2.05, 4.69) is 13.8 Å². The average Bonchev–Trinajstić information content (AvgIpc) is 2.62. The molecule has 2 heterocycles. The molecule has 0 spiro atoms. The normalized spacial score (nSPS) is 25.8. The summed E-state index contributed by atoms with van der Waals surface area (Å²) in [6, 6.07) is 1.84. The first-order chi connectivity index (χ1) is 7.58. The van der Waals surface area contributed by atoms with E-state index in [0.717, 1.165) is 18.7 Å². The van der Waals surface area contributed by atoms with E-state index < -0.39 is 0 Å². The highest BCUT2D eigenvalue weighted by Gasteiger charge is 2.28. The molecule has 0 aromatic carbocycles. The highest BCUT2D eigenvalue weighted by Crippen LogP contribution is 2.23. The van der Waals surface area contributed by atoms with Crippen molar-refractivity contribution in [2.75, 3.05) is 13.1 Å². The van der Waals surface area contributed by atoms with Gasteiger partial charge in [0.05, 0.1) is 6.26 Å². The summed E-state index contributed by atoms with van der Waals surface area (Å²) in [5, 5.41) is 0. The molecule has 1 aromatic heterocycles. The van der Waals surface area contributed by atoms with Crippen LogP contribution in [0.15, 0.2) is 16.7 Å². The van der Waals surface area contributed by atoms with E-state index in [1.807, 2.05) is 17.9 Å². The summed E-state index contributed by atoms with van der Waals surface area (Å²) in [4.78, 5) is 14.1. The molecule has 88 valence electrons. The Morgan fingerprint density at radius 3 is 2.50 bits per heavy atom.